The quantitative estimate of drug-likeness (QED) is 0.0761. The van der Waals surface area contributed by atoms with Crippen LogP contribution in [0.15, 0.2) is 91.7 Å². The van der Waals surface area contributed by atoms with E-state index >= 15 is 0 Å². The van der Waals surface area contributed by atoms with Crippen LogP contribution in [0.2, 0.25) is 10.0 Å². The van der Waals surface area contributed by atoms with Crippen LogP contribution >= 0.6 is 23.2 Å². The van der Waals surface area contributed by atoms with Gasteiger partial charge in [0.25, 0.3) is 11.1 Å². The molecule has 0 aliphatic carbocycles. The van der Waals surface area contributed by atoms with Crippen LogP contribution in [0.1, 0.15) is 41.0 Å². The van der Waals surface area contributed by atoms with Gasteiger partial charge in [0.2, 0.25) is 0 Å². The molecule has 0 bridgehead atoms. The summed E-state index contributed by atoms with van der Waals surface area (Å²) < 4.78 is 104. The molecule has 6 aromatic rings. The van der Waals surface area contributed by atoms with Crippen molar-refractivity contribution in [3.05, 3.63) is 138 Å². The second-order valence-electron chi connectivity index (χ2n) is 13.2. The molecule has 328 valence electrons. The number of hydrogen-bond donors (Lipinski definition) is 2. The smallest absolute Gasteiger partial charge is 0.394 e. The molecule has 6 rings (SSSR count). The fourth-order valence-electron chi connectivity index (χ4n) is 5.69. The summed E-state index contributed by atoms with van der Waals surface area (Å²) in [4.78, 5) is 25.1. The number of benzene rings is 2. The molecule has 4 aromatic heterocycles. The molecule has 0 fully saturated rings. The normalized spacial score (nSPS) is 11.7. The van der Waals surface area contributed by atoms with Crippen LogP contribution in [-0.4, -0.2) is 52.7 Å². The van der Waals surface area contributed by atoms with Crippen molar-refractivity contribution in [1.29, 1.82) is 0 Å². The van der Waals surface area contributed by atoms with Crippen LogP contribution in [0.5, 0.6) is 0 Å². The second-order valence-corrected chi connectivity index (χ2v) is 15.6. The van der Waals surface area contributed by atoms with E-state index in [2.05, 4.69) is 19.8 Å². The lowest BCUT2D eigenvalue weighted by Crippen LogP contribution is -2.29. The minimum absolute atomic E-state index is 0.0627. The van der Waals surface area contributed by atoms with Crippen molar-refractivity contribution in [3.63, 3.8) is 0 Å². The third kappa shape index (κ3) is 13.0. The molecular formula is C39H38Cl2F6N6O7S. The number of nitrogens with two attached hydrogens (primary N) is 1. The maximum absolute atomic E-state index is 12.8. The molecule has 0 saturated heterocycles. The molecule has 0 saturated carbocycles. The molecule has 3 N–H and O–H groups in total. The van der Waals surface area contributed by atoms with Gasteiger partial charge in [0.05, 0.1) is 30.2 Å². The molecule has 22 heteroatoms. The molecule has 0 atom stereocenters. The Balaban J connectivity index is 0.000000212. The number of nitrogens with zero attached hydrogens (tertiary/aromatic N) is 4. The Morgan fingerprint density at radius 3 is 1.54 bits per heavy atom. The van der Waals surface area contributed by atoms with Crippen molar-refractivity contribution in [2.24, 2.45) is 0 Å². The number of halogens is 8. The summed E-state index contributed by atoms with van der Waals surface area (Å²) in [5, 5.41) is 12.4. The average Bonchev–Trinajstić information content (AvgIpc) is 3.70. The molecule has 0 amide bonds. The van der Waals surface area contributed by atoms with Gasteiger partial charge in [-0.05, 0) is 82.1 Å². The zero-order valence-electron chi connectivity index (χ0n) is 32.9. The van der Waals surface area contributed by atoms with Crippen molar-refractivity contribution in [2.45, 2.75) is 59.4 Å². The highest BCUT2D eigenvalue weighted by Gasteiger charge is 2.49. The van der Waals surface area contributed by atoms with Gasteiger partial charge in [-0.1, -0.05) is 57.8 Å². The van der Waals surface area contributed by atoms with Gasteiger partial charge in [-0.2, -0.15) is 34.8 Å². The van der Waals surface area contributed by atoms with E-state index in [1.807, 2.05) is 83.3 Å². The lowest BCUT2D eigenvalue weighted by molar-refractivity contribution is -0.156. The molecule has 61 heavy (non-hydrogen) atoms. The molecule has 0 aliphatic heterocycles. The Labute approximate surface area is 354 Å². The first-order valence-electron chi connectivity index (χ1n) is 17.8. The van der Waals surface area contributed by atoms with Crippen molar-refractivity contribution < 1.29 is 48.0 Å². The number of aryl methyl sites for hydroxylation is 4. The molecule has 0 radical (unpaired) electrons. The zero-order chi connectivity index (χ0) is 45.4. The van der Waals surface area contributed by atoms with E-state index in [0.29, 0.717) is 41.1 Å². The summed E-state index contributed by atoms with van der Waals surface area (Å²) in [5.74, 6) is 1.43. The average molecular weight is 920 g/mol. The molecule has 0 unspecified atom stereocenters. The first kappa shape index (κ1) is 48.1. The Morgan fingerprint density at radius 1 is 0.738 bits per heavy atom. The van der Waals surface area contributed by atoms with E-state index in [1.165, 1.54) is 0 Å². The maximum atomic E-state index is 12.8. The van der Waals surface area contributed by atoms with Gasteiger partial charge in [-0.15, -0.1) is 0 Å². The van der Waals surface area contributed by atoms with E-state index in [1.54, 1.807) is 33.5 Å². The van der Waals surface area contributed by atoms with Gasteiger partial charge < -0.3 is 29.2 Å². The van der Waals surface area contributed by atoms with Gasteiger partial charge in [0.15, 0.2) is 6.61 Å². The highest BCUT2D eigenvalue weighted by atomic mass is 35.5. The van der Waals surface area contributed by atoms with Crippen LogP contribution in [0.3, 0.4) is 0 Å². The Hall–Kier alpha value is -5.57. The summed E-state index contributed by atoms with van der Waals surface area (Å²) >= 11 is 11.8. The fourth-order valence-corrected chi connectivity index (χ4v) is 6.37. The first-order valence-corrected chi connectivity index (χ1v) is 19.9. The highest BCUT2D eigenvalue weighted by molar-refractivity contribution is 7.87. The van der Waals surface area contributed by atoms with Crippen LogP contribution in [0, 0.1) is 27.7 Å². The van der Waals surface area contributed by atoms with E-state index in [9.17, 15) is 44.3 Å². The van der Waals surface area contributed by atoms with E-state index in [-0.39, 0.29) is 16.8 Å². The lowest BCUT2D eigenvalue weighted by atomic mass is 10.1. The molecule has 13 nitrogen and oxygen atoms in total. The summed E-state index contributed by atoms with van der Waals surface area (Å²) in [7, 11) is -6.15. The molecule has 4 heterocycles. The van der Waals surface area contributed by atoms with Crippen LogP contribution in [-0.2, 0) is 27.4 Å². The molecule has 2 aromatic carbocycles. The number of nitrogen functional groups attached to an aromatic ring is 1. The predicted octanol–water partition coefficient (Wildman–Crippen LogP) is 9.07. The van der Waals surface area contributed by atoms with Crippen molar-refractivity contribution >= 4 is 44.7 Å². The largest absolute Gasteiger partial charge is 0.523 e. The molecular weight excluding hydrogens is 881 g/mol. The third-order valence-corrected chi connectivity index (χ3v) is 9.90. The molecule has 0 spiro atoms. The number of anilines is 2. The van der Waals surface area contributed by atoms with Crippen molar-refractivity contribution in [1.82, 2.24) is 19.4 Å². The number of rotatable bonds is 10. The van der Waals surface area contributed by atoms with Crippen molar-refractivity contribution in [2.75, 3.05) is 24.2 Å². The summed E-state index contributed by atoms with van der Waals surface area (Å²) in [6.45, 7) is 8.48. The SMILES string of the molecule is CCNc1cc(-c2c(C)noc2C)cn(Cc2ccc(Cl)cc2)c1=O.Cc1noc(C)c1-c1cc(N)c(=O)n(Cc2ccc(Cl)cc2)c1.O=S(=O)(OCC(F)(F)F)C(F)(F)F. The van der Waals surface area contributed by atoms with Gasteiger partial charge >= 0.3 is 21.8 Å². The van der Waals surface area contributed by atoms with Crippen LogP contribution in [0.4, 0.5) is 37.7 Å². The minimum atomic E-state index is -6.15. The van der Waals surface area contributed by atoms with Crippen LogP contribution < -0.4 is 22.2 Å². The number of pyridine rings is 2. The van der Waals surface area contributed by atoms with Gasteiger partial charge in [-0.3, -0.25) is 13.8 Å². The lowest BCUT2D eigenvalue weighted by Gasteiger charge is -2.13. The van der Waals surface area contributed by atoms with E-state index in [0.717, 1.165) is 50.5 Å². The van der Waals surface area contributed by atoms with Crippen LogP contribution in [0.25, 0.3) is 22.3 Å². The van der Waals surface area contributed by atoms with Gasteiger partial charge in [-0.25, -0.2) is 0 Å². The van der Waals surface area contributed by atoms with Gasteiger partial charge in [0, 0.05) is 51.2 Å². The zero-order valence-corrected chi connectivity index (χ0v) is 35.2. The topological polar surface area (TPSA) is 177 Å². The standard InChI is InChI=1S/C19H20ClN3O2.C17H16ClN3O2.C3H2F6O3S/c1-4-21-17-9-15(18-12(2)22-25-13(18)3)11-23(19(17)24)10-14-5-7-16(20)8-6-14;1-10-16(11(2)23-20-10)13-7-15(19)17(22)21(9-13)8-12-3-5-14(18)6-4-12;4-2(5,6)1-12-13(10,11)3(7,8)9/h5-9,11,21H,4,10H2,1-3H3;3-7,9H,8,19H2,1-2H3;1H2. The summed E-state index contributed by atoms with van der Waals surface area (Å²) in [5.41, 5.74) is 7.56. The number of alkyl halides is 6. The fraction of sp³-hybridized carbons (Fsp3) is 0.282. The predicted molar refractivity (Wildman–Crippen MR) is 218 cm³/mol. The number of aromatic nitrogens is 4. The number of hydrogen-bond acceptors (Lipinski definition) is 11. The summed E-state index contributed by atoms with van der Waals surface area (Å²) in [6, 6.07) is 18.4. The van der Waals surface area contributed by atoms with Crippen molar-refractivity contribution in [3.8, 4) is 22.3 Å². The number of nitrogens with one attached hydrogen (secondary N) is 1. The Kier molecular flexibility index (Phi) is 15.7. The Bertz CT molecular complexity index is 2640. The minimum Gasteiger partial charge on any atom is -0.394 e. The second kappa shape index (κ2) is 19.9. The highest BCUT2D eigenvalue weighted by Crippen LogP contribution is 2.30. The Morgan fingerprint density at radius 2 is 1.16 bits per heavy atom. The maximum Gasteiger partial charge on any atom is 0.523 e. The third-order valence-electron chi connectivity index (χ3n) is 8.40. The van der Waals surface area contributed by atoms with E-state index in [4.69, 9.17) is 38.0 Å². The van der Waals surface area contributed by atoms with E-state index < -0.39 is 28.4 Å². The summed E-state index contributed by atoms with van der Waals surface area (Å²) in [6.07, 6.45) is -1.50. The molecule has 0 aliphatic rings. The first-order chi connectivity index (χ1) is 28.4. The van der Waals surface area contributed by atoms with Gasteiger partial charge in [0.1, 0.15) is 17.2 Å². The monoisotopic (exact) mass is 918 g/mol.